The Kier molecular flexibility index (Phi) is 5.33. The van der Waals surface area contributed by atoms with Crippen LogP contribution in [0.1, 0.15) is 17.0 Å². The number of hydrogen-bond donors (Lipinski definition) is 3. The van der Waals surface area contributed by atoms with E-state index in [0.29, 0.717) is 33.4 Å². The highest BCUT2D eigenvalue weighted by Gasteiger charge is 2.21. The number of allylic oxidation sites excluding steroid dienone is 1. The second kappa shape index (κ2) is 8.49. The fraction of sp³-hybridized carbons (Fsp3) is 0.0800. The smallest absolute Gasteiger partial charge is 0.263 e. The van der Waals surface area contributed by atoms with E-state index in [9.17, 15) is 9.18 Å². The summed E-state index contributed by atoms with van der Waals surface area (Å²) in [5.41, 5.74) is 13.9. The molecular formula is C25H21FN8O. The van der Waals surface area contributed by atoms with Gasteiger partial charge in [0.2, 0.25) is 0 Å². The van der Waals surface area contributed by atoms with E-state index in [4.69, 9.17) is 16.9 Å². The highest BCUT2D eigenvalue weighted by Crippen LogP contribution is 2.27. The number of nitrogens with two attached hydrogens (primary N) is 2. The number of anilines is 1. The van der Waals surface area contributed by atoms with Crippen LogP contribution in [0.4, 0.5) is 10.2 Å². The lowest BCUT2D eigenvalue weighted by Crippen LogP contribution is -2.25. The number of pyridine rings is 1. The van der Waals surface area contributed by atoms with Crippen LogP contribution in [-0.4, -0.2) is 30.5 Å². The van der Waals surface area contributed by atoms with Gasteiger partial charge in [-0.1, -0.05) is 30.3 Å². The molecule has 174 valence electrons. The fourth-order valence-corrected chi connectivity index (χ4v) is 4.29. The molecule has 0 unspecified atom stereocenters. The predicted octanol–water partition coefficient (Wildman–Crippen LogP) is 3.16. The van der Waals surface area contributed by atoms with Crippen molar-refractivity contribution >= 4 is 39.4 Å². The lowest BCUT2D eigenvalue weighted by Gasteiger charge is -2.16. The molecule has 2 aromatic carbocycles. The fourth-order valence-electron chi connectivity index (χ4n) is 4.29. The molecule has 0 spiro atoms. The number of halogens is 1. The number of rotatable bonds is 5. The summed E-state index contributed by atoms with van der Waals surface area (Å²) in [6, 6.07) is 13.5. The number of hydrogen-bond acceptors (Lipinski definition) is 7. The lowest BCUT2D eigenvalue weighted by molar-refractivity contribution is 0.606. The van der Waals surface area contributed by atoms with E-state index in [0.717, 1.165) is 17.2 Å². The van der Waals surface area contributed by atoms with Gasteiger partial charge in [0.1, 0.15) is 23.7 Å². The number of nitrogens with one attached hydrogen (secondary N) is 1. The Hall–Kier alpha value is -4.86. The number of nitrogen functional groups attached to an aromatic ring is 1. The van der Waals surface area contributed by atoms with Crippen LogP contribution in [0.3, 0.4) is 0 Å². The standard InChI is InChI=1S/C25H21FN8O/c1-14-5-4-6-15-9-17(34(25(35)20(14)15)19-8-3-2-7-18(19)26)12-33-24-21(23(29)30-13-31-24)22(32-33)16(10-27)11-28/h2-11,13,27H,12,28H2,1H3,(H2,29,30,31). The van der Waals surface area contributed by atoms with Gasteiger partial charge in [0.25, 0.3) is 5.56 Å². The molecule has 3 heterocycles. The third-order valence-electron chi connectivity index (χ3n) is 5.90. The molecule has 0 bridgehead atoms. The van der Waals surface area contributed by atoms with Crippen LogP contribution in [0.2, 0.25) is 0 Å². The van der Waals surface area contributed by atoms with E-state index in [1.54, 1.807) is 22.9 Å². The average Bonchev–Trinajstić information content (AvgIpc) is 3.20. The van der Waals surface area contributed by atoms with Crippen molar-refractivity contribution < 1.29 is 4.39 Å². The quantitative estimate of drug-likeness (QED) is 0.338. The molecule has 5 rings (SSSR count). The summed E-state index contributed by atoms with van der Waals surface area (Å²) in [7, 11) is 0. The maximum absolute atomic E-state index is 14.9. The van der Waals surface area contributed by atoms with Crippen molar-refractivity contribution in [3.05, 3.63) is 94.2 Å². The van der Waals surface area contributed by atoms with Crippen LogP contribution >= 0.6 is 0 Å². The molecule has 10 heteroatoms. The van der Waals surface area contributed by atoms with Crippen LogP contribution in [0.15, 0.2) is 65.9 Å². The van der Waals surface area contributed by atoms with Gasteiger partial charge in [0, 0.05) is 23.7 Å². The van der Waals surface area contributed by atoms with Gasteiger partial charge in [-0.05, 0) is 36.1 Å². The van der Waals surface area contributed by atoms with Gasteiger partial charge >= 0.3 is 0 Å². The topological polar surface area (TPSA) is 141 Å². The number of para-hydroxylation sites is 1. The van der Waals surface area contributed by atoms with E-state index >= 15 is 0 Å². The van der Waals surface area contributed by atoms with Crippen molar-refractivity contribution in [3.8, 4) is 5.69 Å². The van der Waals surface area contributed by atoms with Crippen LogP contribution in [0, 0.1) is 18.2 Å². The van der Waals surface area contributed by atoms with Crippen LogP contribution in [-0.2, 0) is 6.54 Å². The first-order valence-electron chi connectivity index (χ1n) is 10.7. The van der Waals surface area contributed by atoms with Crippen molar-refractivity contribution in [1.82, 2.24) is 24.3 Å². The Morgan fingerprint density at radius 2 is 1.94 bits per heavy atom. The Morgan fingerprint density at radius 3 is 2.69 bits per heavy atom. The molecule has 0 saturated carbocycles. The predicted molar refractivity (Wildman–Crippen MR) is 134 cm³/mol. The largest absolute Gasteiger partial charge is 0.404 e. The molecule has 9 nitrogen and oxygen atoms in total. The number of nitrogens with zero attached hydrogens (tertiary/aromatic N) is 5. The van der Waals surface area contributed by atoms with Crippen LogP contribution in [0.25, 0.3) is 33.1 Å². The number of benzene rings is 2. The van der Waals surface area contributed by atoms with E-state index in [2.05, 4.69) is 15.1 Å². The molecule has 35 heavy (non-hydrogen) atoms. The van der Waals surface area contributed by atoms with Gasteiger partial charge in [-0.25, -0.2) is 19.0 Å². The zero-order valence-electron chi connectivity index (χ0n) is 18.7. The van der Waals surface area contributed by atoms with Gasteiger partial charge in [-0.3, -0.25) is 9.36 Å². The molecule has 3 aromatic heterocycles. The van der Waals surface area contributed by atoms with Crippen LogP contribution < -0.4 is 17.0 Å². The highest BCUT2D eigenvalue weighted by molar-refractivity contribution is 6.13. The molecule has 0 aliphatic carbocycles. The SMILES string of the molecule is Cc1cccc2cc(Cn3nc(C(C=N)=CN)c4c(N)ncnc43)n(-c3ccccc3F)c(=O)c12. The zero-order valence-corrected chi connectivity index (χ0v) is 18.7. The summed E-state index contributed by atoms with van der Waals surface area (Å²) < 4.78 is 17.8. The maximum atomic E-state index is 14.9. The molecule has 0 radical (unpaired) electrons. The number of fused-ring (bicyclic) bond motifs is 2. The first kappa shape index (κ1) is 22.0. The zero-order chi connectivity index (χ0) is 24.7. The summed E-state index contributed by atoms with van der Waals surface area (Å²) in [6.07, 6.45) is 3.62. The van der Waals surface area contributed by atoms with Crippen molar-refractivity contribution in [1.29, 1.82) is 5.41 Å². The van der Waals surface area contributed by atoms with Gasteiger partial charge in [-0.2, -0.15) is 5.10 Å². The van der Waals surface area contributed by atoms with Gasteiger partial charge in [0.05, 0.1) is 23.0 Å². The Morgan fingerprint density at radius 1 is 1.14 bits per heavy atom. The minimum atomic E-state index is -0.529. The highest BCUT2D eigenvalue weighted by atomic mass is 19.1. The second-order valence-electron chi connectivity index (χ2n) is 8.00. The molecule has 0 amide bonds. The van der Waals surface area contributed by atoms with Gasteiger partial charge < -0.3 is 16.9 Å². The maximum Gasteiger partial charge on any atom is 0.263 e. The third kappa shape index (κ3) is 3.52. The van der Waals surface area contributed by atoms with E-state index in [1.807, 2.05) is 31.2 Å². The summed E-state index contributed by atoms with van der Waals surface area (Å²) in [5, 5.41) is 14.0. The summed E-state index contributed by atoms with van der Waals surface area (Å²) in [4.78, 5) is 22.1. The molecule has 5 N–H and O–H groups in total. The Balaban J connectivity index is 1.82. The normalized spacial score (nSPS) is 11.9. The summed E-state index contributed by atoms with van der Waals surface area (Å²) in [6.45, 7) is 1.91. The molecular weight excluding hydrogens is 447 g/mol. The first-order chi connectivity index (χ1) is 16.9. The van der Waals surface area contributed by atoms with Crippen LogP contribution in [0.5, 0.6) is 0 Å². The molecule has 0 aliphatic rings. The second-order valence-corrected chi connectivity index (χ2v) is 8.00. The average molecular weight is 468 g/mol. The molecule has 0 saturated heterocycles. The lowest BCUT2D eigenvalue weighted by atomic mass is 10.1. The van der Waals surface area contributed by atoms with Crippen molar-refractivity contribution in [2.45, 2.75) is 13.5 Å². The van der Waals surface area contributed by atoms with Crippen molar-refractivity contribution in [2.75, 3.05) is 5.73 Å². The minimum absolute atomic E-state index is 0.0657. The van der Waals surface area contributed by atoms with Gasteiger partial charge in [0.15, 0.2) is 5.65 Å². The molecule has 5 aromatic rings. The van der Waals surface area contributed by atoms with Crippen molar-refractivity contribution in [3.63, 3.8) is 0 Å². The Labute approximate surface area is 198 Å². The van der Waals surface area contributed by atoms with Crippen molar-refractivity contribution in [2.24, 2.45) is 5.73 Å². The summed E-state index contributed by atoms with van der Waals surface area (Å²) >= 11 is 0. The Bertz CT molecular complexity index is 1720. The van der Waals surface area contributed by atoms with Gasteiger partial charge in [-0.15, -0.1) is 0 Å². The number of aryl methyl sites for hydroxylation is 1. The third-order valence-corrected chi connectivity index (χ3v) is 5.90. The molecule has 0 atom stereocenters. The number of aromatic nitrogens is 5. The van der Waals surface area contributed by atoms with E-state index in [-0.39, 0.29) is 23.6 Å². The molecule has 0 aliphatic heterocycles. The monoisotopic (exact) mass is 468 g/mol. The first-order valence-corrected chi connectivity index (χ1v) is 10.7. The van der Waals surface area contributed by atoms with E-state index < -0.39 is 5.82 Å². The minimum Gasteiger partial charge on any atom is -0.404 e. The van der Waals surface area contributed by atoms with E-state index in [1.165, 1.54) is 23.2 Å². The summed E-state index contributed by atoms with van der Waals surface area (Å²) in [5.74, 6) is -0.350. The molecule has 0 fully saturated rings.